The summed E-state index contributed by atoms with van der Waals surface area (Å²) in [6.45, 7) is 0.337. The fraction of sp³-hybridized carbons (Fsp3) is 0.462. The molecule has 0 saturated carbocycles. The van der Waals surface area contributed by atoms with Crippen molar-refractivity contribution in [3.63, 3.8) is 0 Å². The van der Waals surface area contributed by atoms with E-state index in [1.54, 1.807) is 25.3 Å². The molecule has 102 valence electrons. The molecule has 1 fully saturated rings. The molecule has 6 heteroatoms. The molecule has 1 atom stereocenters. The highest BCUT2D eigenvalue weighted by molar-refractivity contribution is 7.92. The molecule has 1 saturated heterocycles. The van der Waals surface area contributed by atoms with Crippen molar-refractivity contribution in [1.29, 1.82) is 5.26 Å². The second-order valence-electron chi connectivity index (χ2n) is 4.54. The largest absolute Gasteiger partial charge is 0.497 e. The van der Waals surface area contributed by atoms with E-state index in [1.165, 1.54) is 0 Å². The second kappa shape index (κ2) is 5.49. The summed E-state index contributed by atoms with van der Waals surface area (Å²) in [5.74, 6) is 0.901. The van der Waals surface area contributed by atoms with Crippen LogP contribution in [0.5, 0.6) is 5.75 Å². The van der Waals surface area contributed by atoms with Gasteiger partial charge < -0.3 is 10.1 Å². The van der Waals surface area contributed by atoms with Crippen molar-refractivity contribution in [3.8, 4) is 11.8 Å². The van der Waals surface area contributed by atoms with Gasteiger partial charge in [-0.25, -0.2) is 8.42 Å². The Hall–Kier alpha value is -1.74. The molecule has 5 nitrogen and oxygen atoms in total. The molecule has 0 bridgehead atoms. The molecule has 1 aliphatic heterocycles. The van der Waals surface area contributed by atoms with Crippen LogP contribution in [0.25, 0.3) is 0 Å². The van der Waals surface area contributed by atoms with E-state index in [0.717, 1.165) is 6.42 Å². The number of methoxy groups -OCH3 is 1. The number of hydrogen-bond donors (Lipinski definition) is 1. The van der Waals surface area contributed by atoms with Gasteiger partial charge >= 0.3 is 0 Å². The number of nitrogens with zero attached hydrogens (tertiary/aromatic N) is 1. The summed E-state index contributed by atoms with van der Waals surface area (Å²) in [5, 5.41) is 11.7. The molecule has 0 radical (unpaired) electrons. The number of anilines is 1. The normalized spacial score (nSPS) is 20.7. The fourth-order valence-electron chi connectivity index (χ4n) is 2.21. The quantitative estimate of drug-likeness (QED) is 0.905. The number of ether oxygens (including phenoxy) is 1. The molecule has 1 aliphatic rings. The van der Waals surface area contributed by atoms with E-state index in [0.29, 0.717) is 30.0 Å². The van der Waals surface area contributed by atoms with Crippen molar-refractivity contribution < 1.29 is 13.2 Å². The third kappa shape index (κ3) is 2.99. The molecular weight excluding hydrogens is 264 g/mol. The Morgan fingerprint density at radius 2 is 2.32 bits per heavy atom. The maximum absolute atomic E-state index is 11.7. The summed E-state index contributed by atoms with van der Waals surface area (Å²) in [6.07, 6.45) is 1.40. The highest BCUT2D eigenvalue weighted by Gasteiger charge is 2.30. The van der Waals surface area contributed by atoms with Gasteiger partial charge in [0.2, 0.25) is 0 Å². The van der Waals surface area contributed by atoms with Gasteiger partial charge in [0, 0.05) is 12.6 Å². The van der Waals surface area contributed by atoms with Gasteiger partial charge in [0.25, 0.3) is 0 Å². The highest BCUT2D eigenvalue weighted by Crippen LogP contribution is 2.24. The van der Waals surface area contributed by atoms with E-state index in [4.69, 9.17) is 10.00 Å². The van der Waals surface area contributed by atoms with E-state index in [-0.39, 0.29) is 11.0 Å². The number of nitrogens with one attached hydrogen (secondary N) is 1. The first-order valence-electron chi connectivity index (χ1n) is 6.10. The number of benzene rings is 1. The first-order valence-corrected chi connectivity index (χ1v) is 7.82. The van der Waals surface area contributed by atoms with E-state index in [9.17, 15) is 8.42 Å². The van der Waals surface area contributed by atoms with Gasteiger partial charge in [-0.1, -0.05) is 0 Å². The summed E-state index contributed by atoms with van der Waals surface area (Å²) in [6, 6.07) is 7.15. The smallest absolute Gasteiger partial charge is 0.154 e. The summed E-state index contributed by atoms with van der Waals surface area (Å²) in [7, 11) is -1.42. The molecule has 0 amide bonds. The molecule has 1 N–H and O–H groups in total. The standard InChI is InChI=1S/C13H16N2O3S/c1-18-11-5-4-10(8-14)13(7-11)15-9-12-3-2-6-19(12,16)17/h4-5,7,12,15H,2-3,6,9H2,1H3. The first-order chi connectivity index (χ1) is 9.06. The number of nitriles is 1. The van der Waals surface area contributed by atoms with Gasteiger partial charge in [0.15, 0.2) is 9.84 Å². The first kappa shape index (κ1) is 13.7. The maximum Gasteiger partial charge on any atom is 0.154 e. The van der Waals surface area contributed by atoms with Crippen molar-refractivity contribution in [3.05, 3.63) is 23.8 Å². The Balaban J connectivity index is 2.13. The number of hydrogen-bond acceptors (Lipinski definition) is 5. The van der Waals surface area contributed by atoms with Crippen LogP contribution < -0.4 is 10.1 Å². The highest BCUT2D eigenvalue weighted by atomic mass is 32.2. The second-order valence-corrected chi connectivity index (χ2v) is 6.94. The molecular formula is C13H16N2O3S. The lowest BCUT2D eigenvalue weighted by Gasteiger charge is -2.13. The molecule has 2 rings (SSSR count). The van der Waals surface area contributed by atoms with E-state index >= 15 is 0 Å². The van der Waals surface area contributed by atoms with Gasteiger partial charge in [0.05, 0.1) is 29.4 Å². The van der Waals surface area contributed by atoms with Crippen molar-refractivity contribution in [2.45, 2.75) is 18.1 Å². The topological polar surface area (TPSA) is 79.2 Å². The van der Waals surface area contributed by atoms with E-state index < -0.39 is 9.84 Å². The Kier molecular flexibility index (Phi) is 3.96. The Morgan fingerprint density at radius 1 is 1.53 bits per heavy atom. The third-order valence-electron chi connectivity index (χ3n) is 3.33. The fourth-order valence-corrected chi connectivity index (χ4v) is 3.97. The van der Waals surface area contributed by atoms with Crippen LogP contribution in [-0.2, 0) is 9.84 Å². The summed E-state index contributed by atoms with van der Waals surface area (Å²) in [4.78, 5) is 0. The Labute approximate surface area is 113 Å². The zero-order valence-electron chi connectivity index (χ0n) is 10.7. The third-order valence-corrected chi connectivity index (χ3v) is 5.61. The van der Waals surface area contributed by atoms with Crippen LogP contribution in [0.3, 0.4) is 0 Å². The Bertz CT molecular complexity index is 605. The summed E-state index contributed by atoms with van der Waals surface area (Å²) < 4.78 is 28.6. The molecule has 19 heavy (non-hydrogen) atoms. The minimum atomic E-state index is -2.97. The van der Waals surface area contributed by atoms with Crippen LogP contribution in [0, 0.1) is 11.3 Å². The zero-order valence-corrected chi connectivity index (χ0v) is 11.5. The molecule has 1 aromatic rings. The minimum Gasteiger partial charge on any atom is -0.497 e. The minimum absolute atomic E-state index is 0.266. The van der Waals surface area contributed by atoms with Crippen molar-refractivity contribution in [1.82, 2.24) is 0 Å². The average molecular weight is 280 g/mol. The molecule has 1 heterocycles. The molecule has 1 unspecified atom stereocenters. The average Bonchev–Trinajstić information content (AvgIpc) is 2.75. The van der Waals surface area contributed by atoms with Crippen LogP contribution in [-0.4, -0.2) is 33.1 Å². The monoisotopic (exact) mass is 280 g/mol. The lowest BCUT2D eigenvalue weighted by molar-refractivity contribution is 0.415. The number of sulfone groups is 1. The zero-order chi connectivity index (χ0) is 13.9. The molecule has 1 aromatic carbocycles. The maximum atomic E-state index is 11.7. The lowest BCUT2D eigenvalue weighted by Crippen LogP contribution is -2.25. The van der Waals surface area contributed by atoms with Gasteiger partial charge in [0.1, 0.15) is 11.8 Å². The Morgan fingerprint density at radius 3 is 2.89 bits per heavy atom. The van der Waals surface area contributed by atoms with Crippen LogP contribution in [0.4, 0.5) is 5.69 Å². The van der Waals surface area contributed by atoms with Gasteiger partial charge in [-0.2, -0.15) is 5.26 Å². The van der Waals surface area contributed by atoms with E-state index in [2.05, 4.69) is 11.4 Å². The molecule has 0 aliphatic carbocycles. The van der Waals surface area contributed by atoms with Crippen molar-refractivity contribution in [2.75, 3.05) is 24.7 Å². The van der Waals surface area contributed by atoms with Crippen LogP contribution in [0.1, 0.15) is 18.4 Å². The van der Waals surface area contributed by atoms with Crippen molar-refractivity contribution >= 4 is 15.5 Å². The van der Waals surface area contributed by atoms with Crippen LogP contribution in [0.2, 0.25) is 0 Å². The SMILES string of the molecule is COc1ccc(C#N)c(NCC2CCCS2(=O)=O)c1. The lowest BCUT2D eigenvalue weighted by atomic mass is 10.1. The van der Waals surface area contributed by atoms with Gasteiger partial charge in [-0.15, -0.1) is 0 Å². The van der Waals surface area contributed by atoms with Gasteiger partial charge in [-0.05, 0) is 25.0 Å². The number of rotatable bonds is 4. The predicted octanol–water partition coefficient (Wildman–Crippen LogP) is 1.56. The summed E-state index contributed by atoms with van der Waals surface area (Å²) in [5.41, 5.74) is 1.10. The van der Waals surface area contributed by atoms with Gasteiger partial charge in [-0.3, -0.25) is 0 Å². The predicted molar refractivity (Wildman–Crippen MR) is 73.0 cm³/mol. The van der Waals surface area contributed by atoms with Crippen molar-refractivity contribution in [2.24, 2.45) is 0 Å². The van der Waals surface area contributed by atoms with Crippen LogP contribution >= 0.6 is 0 Å². The summed E-state index contributed by atoms with van der Waals surface area (Å²) >= 11 is 0. The van der Waals surface area contributed by atoms with E-state index in [1.807, 2.05) is 0 Å². The van der Waals surface area contributed by atoms with Crippen LogP contribution in [0.15, 0.2) is 18.2 Å². The molecule has 0 spiro atoms. The molecule has 0 aromatic heterocycles.